The van der Waals surface area contributed by atoms with Crippen molar-refractivity contribution in [2.75, 3.05) is 39.6 Å². The number of aliphatic hydroxyl groups is 1. The summed E-state index contributed by atoms with van der Waals surface area (Å²) in [4.78, 5) is 72.5. The second kappa shape index (κ2) is 61.6. The Morgan fingerprint density at radius 2 is 0.527 bits per heavy atom. The maximum atomic E-state index is 13.0. The summed E-state index contributed by atoms with van der Waals surface area (Å²) >= 11 is 0. The molecule has 17 nitrogen and oxygen atoms in total. The maximum absolute atomic E-state index is 13.0. The summed E-state index contributed by atoms with van der Waals surface area (Å²) in [6.45, 7) is 14.0. The highest BCUT2D eigenvalue weighted by Gasteiger charge is 2.30. The Bertz CT molecular complexity index is 1800. The Morgan fingerprint density at radius 1 is 0.308 bits per heavy atom. The van der Waals surface area contributed by atoms with Gasteiger partial charge in [-0.05, 0) is 49.4 Å². The molecule has 0 aromatic rings. The Balaban J connectivity index is 5.15. The molecular formula is C72H140O17P2. The Morgan fingerprint density at radius 3 is 0.780 bits per heavy atom. The summed E-state index contributed by atoms with van der Waals surface area (Å²) in [7, 11) is -9.90. The highest BCUT2D eigenvalue weighted by Crippen LogP contribution is 2.45. The summed E-state index contributed by atoms with van der Waals surface area (Å²) in [6.07, 6.45) is 44.8. The lowest BCUT2D eigenvalue weighted by atomic mass is 10.00. The zero-order chi connectivity index (χ0) is 67.5. The van der Waals surface area contributed by atoms with Crippen molar-refractivity contribution in [3.05, 3.63) is 0 Å². The minimum Gasteiger partial charge on any atom is -0.462 e. The predicted octanol–water partition coefficient (Wildman–Crippen LogP) is 20.5. The third-order valence-corrected chi connectivity index (χ3v) is 18.8. The van der Waals surface area contributed by atoms with Crippen LogP contribution in [0.2, 0.25) is 0 Å². The summed E-state index contributed by atoms with van der Waals surface area (Å²) in [5.74, 6) is 0.816. The number of phosphoric ester groups is 2. The standard InChI is InChI=1S/C72H140O17P2/c1-9-65(8)51-43-35-29-31-37-45-53-70(75)83-59-68(89-72(77)55-47-39-27-23-22-25-33-41-49-63(4)5)61-87-91(80,81)85-57-66(73)56-84-90(78,79)86-60-67(58-82-69(74)52-44-36-30-28-34-42-50-64(6)7)88-71(76)54-46-38-26-21-19-17-15-13-11-10-12-14-16-18-20-24-32-40-48-62(2)3/h62-68,73H,9-61H2,1-8H3,(H,78,79)(H,80,81)/t65?,66?,67-,68-/m1/s1. The van der Waals surface area contributed by atoms with Gasteiger partial charge in [-0.15, -0.1) is 0 Å². The minimum absolute atomic E-state index is 0.103. The summed E-state index contributed by atoms with van der Waals surface area (Å²) < 4.78 is 68.2. The van der Waals surface area contributed by atoms with Crippen LogP contribution in [-0.4, -0.2) is 96.7 Å². The molecule has 0 radical (unpaired) electrons. The number of unbranched alkanes of at least 4 members (excludes halogenated alkanes) is 34. The molecule has 0 amide bonds. The van der Waals surface area contributed by atoms with E-state index in [4.69, 9.17) is 37.0 Å². The Kier molecular flexibility index (Phi) is 60.3. The van der Waals surface area contributed by atoms with Gasteiger partial charge in [0.2, 0.25) is 0 Å². The number of ether oxygens (including phenoxy) is 4. The van der Waals surface area contributed by atoms with Crippen molar-refractivity contribution in [2.24, 2.45) is 23.7 Å². The van der Waals surface area contributed by atoms with E-state index in [0.29, 0.717) is 31.6 Å². The zero-order valence-corrected chi connectivity index (χ0v) is 61.3. The van der Waals surface area contributed by atoms with Crippen LogP contribution in [0.5, 0.6) is 0 Å². The number of carbonyl (C=O) groups excluding carboxylic acids is 4. The van der Waals surface area contributed by atoms with Crippen LogP contribution in [0.4, 0.5) is 0 Å². The highest BCUT2D eigenvalue weighted by atomic mass is 31.2. The fraction of sp³-hybridized carbons (Fsp3) is 0.944. The van der Waals surface area contributed by atoms with Crippen LogP contribution in [0.15, 0.2) is 0 Å². The Labute approximate surface area is 556 Å². The minimum atomic E-state index is -4.95. The molecule has 0 bridgehead atoms. The number of aliphatic hydroxyl groups excluding tert-OH is 1. The van der Waals surface area contributed by atoms with E-state index < -0.39 is 97.5 Å². The van der Waals surface area contributed by atoms with Crippen LogP contribution in [0.25, 0.3) is 0 Å². The molecule has 0 saturated carbocycles. The van der Waals surface area contributed by atoms with Crippen molar-refractivity contribution in [2.45, 2.75) is 375 Å². The lowest BCUT2D eigenvalue weighted by Crippen LogP contribution is -2.30. The summed E-state index contributed by atoms with van der Waals surface area (Å²) in [5, 5.41) is 10.6. The first-order valence-corrected chi connectivity index (χ1v) is 40.2. The lowest BCUT2D eigenvalue weighted by Gasteiger charge is -2.21. The molecule has 0 saturated heterocycles. The second-order valence-electron chi connectivity index (χ2n) is 27.6. The fourth-order valence-corrected chi connectivity index (χ4v) is 12.4. The van der Waals surface area contributed by atoms with Gasteiger partial charge in [0.25, 0.3) is 0 Å². The summed E-state index contributed by atoms with van der Waals surface area (Å²) in [5.41, 5.74) is 0. The van der Waals surface area contributed by atoms with Crippen molar-refractivity contribution in [1.29, 1.82) is 0 Å². The van der Waals surface area contributed by atoms with Crippen LogP contribution in [0.3, 0.4) is 0 Å². The smallest absolute Gasteiger partial charge is 0.462 e. The first kappa shape index (κ1) is 89.1. The maximum Gasteiger partial charge on any atom is 0.472 e. The largest absolute Gasteiger partial charge is 0.472 e. The molecule has 0 rings (SSSR count). The van der Waals surface area contributed by atoms with Gasteiger partial charge in [0.1, 0.15) is 19.3 Å². The third-order valence-electron chi connectivity index (χ3n) is 16.9. The molecular weight excluding hydrogens is 1200 g/mol. The normalized spacial score (nSPS) is 14.5. The SMILES string of the molecule is CCC(C)CCCCCCCCC(=O)OC[C@H](COP(=O)(O)OCC(O)COP(=O)(O)OC[C@@H](COC(=O)CCCCCCCCC(C)C)OC(=O)CCCCCCCCCCCCCCCCCCCCC(C)C)OC(=O)CCCCCCCCCCC(C)C. The average Bonchev–Trinajstić information content (AvgIpc) is 3.60. The van der Waals surface area contributed by atoms with Crippen LogP contribution in [0.1, 0.15) is 357 Å². The van der Waals surface area contributed by atoms with Crippen molar-refractivity contribution in [3.63, 3.8) is 0 Å². The molecule has 0 aliphatic heterocycles. The topological polar surface area (TPSA) is 237 Å². The van der Waals surface area contributed by atoms with E-state index in [9.17, 15) is 43.2 Å². The van der Waals surface area contributed by atoms with E-state index >= 15 is 0 Å². The van der Waals surface area contributed by atoms with Crippen LogP contribution < -0.4 is 0 Å². The van der Waals surface area contributed by atoms with Gasteiger partial charge in [-0.3, -0.25) is 37.3 Å². The van der Waals surface area contributed by atoms with Gasteiger partial charge in [0.05, 0.1) is 26.4 Å². The molecule has 0 aromatic heterocycles. The van der Waals surface area contributed by atoms with Gasteiger partial charge in [-0.2, -0.15) is 0 Å². The van der Waals surface area contributed by atoms with E-state index in [0.717, 1.165) is 120 Å². The van der Waals surface area contributed by atoms with Gasteiger partial charge in [-0.1, -0.05) is 306 Å². The van der Waals surface area contributed by atoms with E-state index in [1.807, 2.05) is 0 Å². The monoisotopic (exact) mass is 1340 g/mol. The van der Waals surface area contributed by atoms with E-state index in [1.165, 1.54) is 148 Å². The van der Waals surface area contributed by atoms with Crippen LogP contribution in [-0.2, 0) is 65.4 Å². The van der Waals surface area contributed by atoms with Gasteiger partial charge >= 0.3 is 39.5 Å². The number of rotatable bonds is 69. The predicted molar refractivity (Wildman–Crippen MR) is 367 cm³/mol. The quantitative estimate of drug-likeness (QED) is 0.0222. The summed E-state index contributed by atoms with van der Waals surface area (Å²) in [6, 6.07) is 0. The molecule has 3 N–H and O–H groups in total. The number of carbonyl (C=O) groups is 4. The fourth-order valence-electron chi connectivity index (χ4n) is 10.8. The van der Waals surface area contributed by atoms with Crippen molar-refractivity contribution < 1.29 is 80.2 Å². The molecule has 6 atom stereocenters. The molecule has 0 aliphatic carbocycles. The first-order chi connectivity index (χ1) is 43.6. The van der Waals surface area contributed by atoms with E-state index in [-0.39, 0.29) is 25.7 Å². The third kappa shape index (κ3) is 65.1. The van der Waals surface area contributed by atoms with Gasteiger partial charge in [0, 0.05) is 25.7 Å². The average molecular weight is 1340 g/mol. The number of hydrogen-bond acceptors (Lipinski definition) is 15. The molecule has 0 heterocycles. The van der Waals surface area contributed by atoms with E-state index in [1.54, 1.807) is 0 Å². The lowest BCUT2D eigenvalue weighted by molar-refractivity contribution is -0.161. The van der Waals surface area contributed by atoms with Gasteiger partial charge in [-0.25, -0.2) is 9.13 Å². The highest BCUT2D eigenvalue weighted by molar-refractivity contribution is 7.47. The van der Waals surface area contributed by atoms with Gasteiger partial charge in [0.15, 0.2) is 12.2 Å². The van der Waals surface area contributed by atoms with Crippen molar-refractivity contribution in [1.82, 2.24) is 0 Å². The molecule has 19 heteroatoms. The van der Waals surface area contributed by atoms with Crippen LogP contribution >= 0.6 is 15.6 Å². The molecule has 0 aliphatic rings. The van der Waals surface area contributed by atoms with Crippen molar-refractivity contribution >= 4 is 39.5 Å². The second-order valence-corrected chi connectivity index (χ2v) is 30.6. The number of hydrogen-bond donors (Lipinski definition) is 3. The number of esters is 4. The zero-order valence-electron chi connectivity index (χ0n) is 59.5. The molecule has 0 spiro atoms. The van der Waals surface area contributed by atoms with Gasteiger partial charge < -0.3 is 33.8 Å². The van der Waals surface area contributed by atoms with Crippen molar-refractivity contribution in [3.8, 4) is 0 Å². The Hall–Kier alpha value is -1.94. The van der Waals surface area contributed by atoms with Crippen LogP contribution in [0, 0.1) is 23.7 Å². The molecule has 0 aromatic carbocycles. The molecule has 4 unspecified atom stereocenters. The molecule has 540 valence electrons. The number of phosphoric acid groups is 2. The first-order valence-electron chi connectivity index (χ1n) is 37.2. The van der Waals surface area contributed by atoms with E-state index in [2.05, 4.69) is 55.4 Å². The molecule has 91 heavy (non-hydrogen) atoms. The molecule has 0 fully saturated rings.